The number of carbonyl (C=O) groups excluding carboxylic acids is 2. The normalized spacial score (nSPS) is 11.9. The lowest BCUT2D eigenvalue weighted by atomic mass is 10.1. The van der Waals surface area contributed by atoms with E-state index in [0.717, 1.165) is 38.5 Å². The fourth-order valence-electron chi connectivity index (χ4n) is 1.64. The van der Waals surface area contributed by atoms with Crippen LogP contribution in [0.5, 0.6) is 0 Å². The third kappa shape index (κ3) is 10.1. The van der Waals surface area contributed by atoms with E-state index in [2.05, 4.69) is 4.89 Å². The van der Waals surface area contributed by atoms with E-state index in [0.29, 0.717) is 6.42 Å². The lowest BCUT2D eigenvalue weighted by molar-refractivity contribution is -0.234. The summed E-state index contributed by atoms with van der Waals surface area (Å²) in [5, 5.41) is 8.04. The van der Waals surface area contributed by atoms with Crippen molar-refractivity contribution in [3.8, 4) is 0 Å². The van der Waals surface area contributed by atoms with Gasteiger partial charge in [-0.2, -0.15) is 5.26 Å². The van der Waals surface area contributed by atoms with E-state index in [1.807, 2.05) is 6.92 Å². The summed E-state index contributed by atoms with van der Waals surface area (Å²) in [5.41, 5.74) is 0. The van der Waals surface area contributed by atoms with E-state index in [9.17, 15) is 9.59 Å². The molecule has 0 bridgehead atoms. The molecule has 5 heteroatoms. The van der Waals surface area contributed by atoms with Crippen LogP contribution < -0.4 is 0 Å². The molecule has 0 aliphatic heterocycles. The Morgan fingerprint density at radius 1 is 1.06 bits per heavy atom. The molecule has 0 aromatic heterocycles. The highest BCUT2D eigenvalue weighted by Crippen LogP contribution is 2.11. The number of esters is 1. The lowest BCUT2D eigenvalue weighted by Gasteiger charge is -2.12. The van der Waals surface area contributed by atoms with Crippen LogP contribution in [-0.4, -0.2) is 23.3 Å². The molecule has 0 aromatic carbocycles. The van der Waals surface area contributed by atoms with Gasteiger partial charge in [-0.3, -0.25) is 4.79 Å². The summed E-state index contributed by atoms with van der Waals surface area (Å²) in [6.07, 6.45) is 6.34. The summed E-state index contributed by atoms with van der Waals surface area (Å²) < 4.78 is 5.15. The molecule has 18 heavy (non-hydrogen) atoms. The van der Waals surface area contributed by atoms with Crippen molar-refractivity contribution in [2.45, 2.75) is 71.3 Å². The first-order chi connectivity index (χ1) is 8.60. The second-order valence-corrected chi connectivity index (χ2v) is 4.42. The smallest absolute Gasteiger partial charge is 0.342 e. The van der Waals surface area contributed by atoms with Crippen LogP contribution in [0, 0.1) is 0 Å². The van der Waals surface area contributed by atoms with Gasteiger partial charge in [0.05, 0.1) is 6.10 Å². The largest absolute Gasteiger partial charge is 0.463 e. The number of hydrogen-bond donors (Lipinski definition) is 1. The molecule has 0 spiro atoms. The van der Waals surface area contributed by atoms with Crippen molar-refractivity contribution < 1.29 is 24.5 Å². The molecule has 1 atom stereocenters. The van der Waals surface area contributed by atoms with E-state index in [1.165, 1.54) is 0 Å². The van der Waals surface area contributed by atoms with Gasteiger partial charge in [-0.1, -0.05) is 26.2 Å². The minimum absolute atomic E-state index is 0.0122. The molecule has 0 heterocycles. The maximum absolute atomic E-state index is 11.0. The molecule has 0 aromatic rings. The second kappa shape index (κ2) is 11.0. The molecule has 0 rings (SSSR count). The van der Waals surface area contributed by atoms with Crippen LogP contribution >= 0.6 is 0 Å². The summed E-state index contributed by atoms with van der Waals surface area (Å²) in [7, 11) is 0. The van der Waals surface area contributed by atoms with Crippen molar-refractivity contribution >= 4 is 11.9 Å². The van der Waals surface area contributed by atoms with Crippen molar-refractivity contribution in [2.24, 2.45) is 0 Å². The van der Waals surface area contributed by atoms with Crippen LogP contribution in [0.2, 0.25) is 0 Å². The third-order valence-corrected chi connectivity index (χ3v) is 2.71. The average molecular weight is 260 g/mol. The zero-order valence-electron chi connectivity index (χ0n) is 11.3. The van der Waals surface area contributed by atoms with Crippen LogP contribution in [0.1, 0.15) is 65.2 Å². The molecule has 0 saturated heterocycles. The van der Waals surface area contributed by atoms with Gasteiger partial charge in [0.1, 0.15) is 0 Å². The Labute approximate surface area is 108 Å². The standard InChI is InChI=1S/C13H24O5/c1-3-12(14)17-11(2)9-7-5-4-6-8-10-13(15)18-16/h11,16H,3-10H2,1-2H3. The van der Waals surface area contributed by atoms with Crippen LogP contribution in [0.3, 0.4) is 0 Å². The molecule has 0 aliphatic rings. The molecule has 106 valence electrons. The van der Waals surface area contributed by atoms with Gasteiger partial charge in [-0.05, 0) is 26.2 Å². The van der Waals surface area contributed by atoms with Crippen LogP contribution in [0.15, 0.2) is 0 Å². The van der Waals surface area contributed by atoms with Gasteiger partial charge >= 0.3 is 11.9 Å². The topological polar surface area (TPSA) is 72.8 Å². The quantitative estimate of drug-likeness (QED) is 0.283. The maximum Gasteiger partial charge on any atom is 0.342 e. The van der Waals surface area contributed by atoms with E-state index in [-0.39, 0.29) is 18.5 Å². The third-order valence-electron chi connectivity index (χ3n) is 2.71. The molecule has 0 radical (unpaired) electrons. The highest BCUT2D eigenvalue weighted by atomic mass is 17.1. The molecule has 0 fully saturated rings. The first-order valence-electron chi connectivity index (χ1n) is 6.63. The second-order valence-electron chi connectivity index (χ2n) is 4.42. The molecule has 0 aliphatic carbocycles. The maximum atomic E-state index is 11.0. The number of rotatable bonds is 10. The average Bonchev–Trinajstić information content (AvgIpc) is 2.36. The monoisotopic (exact) mass is 260 g/mol. The van der Waals surface area contributed by atoms with Crippen molar-refractivity contribution in [3.63, 3.8) is 0 Å². The van der Waals surface area contributed by atoms with Crippen molar-refractivity contribution in [1.29, 1.82) is 0 Å². The first kappa shape index (κ1) is 16.9. The number of carbonyl (C=O) groups is 2. The summed E-state index contributed by atoms with van der Waals surface area (Å²) in [6, 6.07) is 0. The van der Waals surface area contributed by atoms with Crippen molar-refractivity contribution in [3.05, 3.63) is 0 Å². The molecule has 0 saturated carbocycles. The van der Waals surface area contributed by atoms with Gasteiger partial charge in [0, 0.05) is 12.8 Å². The van der Waals surface area contributed by atoms with Gasteiger partial charge in [0.2, 0.25) is 0 Å². The Balaban J connectivity index is 3.29. The summed E-state index contributed by atoms with van der Waals surface area (Å²) in [5.74, 6) is -0.722. The number of ether oxygens (including phenoxy) is 1. The van der Waals surface area contributed by atoms with E-state index in [1.54, 1.807) is 6.92 Å². The van der Waals surface area contributed by atoms with E-state index < -0.39 is 5.97 Å². The summed E-state index contributed by atoms with van der Waals surface area (Å²) in [6.45, 7) is 3.69. The van der Waals surface area contributed by atoms with Crippen LogP contribution in [0.25, 0.3) is 0 Å². The van der Waals surface area contributed by atoms with E-state index >= 15 is 0 Å². The molecule has 0 amide bonds. The zero-order chi connectivity index (χ0) is 13.8. The van der Waals surface area contributed by atoms with Gasteiger partial charge in [-0.25, -0.2) is 4.79 Å². The molecule has 1 N–H and O–H groups in total. The van der Waals surface area contributed by atoms with Crippen molar-refractivity contribution in [2.75, 3.05) is 0 Å². The van der Waals surface area contributed by atoms with Gasteiger partial charge < -0.3 is 9.62 Å². The Morgan fingerprint density at radius 2 is 1.67 bits per heavy atom. The zero-order valence-corrected chi connectivity index (χ0v) is 11.3. The SMILES string of the molecule is CCC(=O)OC(C)CCCCCCCC(=O)OO. The molecule has 1 unspecified atom stereocenters. The predicted molar refractivity (Wildman–Crippen MR) is 66.9 cm³/mol. The fraction of sp³-hybridized carbons (Fsp3) is 0.846. The Kier molecular flexibility index (Phi) is 10.3. The number of unbranched alkanes of at least 4 members (excludes halogenated alkanes) is 4. The van der Waals surface area contributed by atoms with Crippen LogP contribution in [0.4, 0.5) is 0 Å². The number of hydrogen-bond acceptors (Lipinski definition) is 5. The predicted octanol–water partition coefficient (Wildman–Crippen LogP) is 3.08. The highest BCUT2D eigenvalue weighted by molar-refractivity contribution is 5.69. The van der Waals surface area contributed by atoms with Gasteiger partial charge in [-0.15, -0.1) is 0 Å². The molecular formula is C13H24O5. The highest BCUT2D eigenvalue weighted by Gasteiger charge is 2.07. The molecular weight excluding hydrogens is 236 g/mol. The first-order valence-corrected chi connectivity index (χ1v) is 6.63. The van der Waals surface area contributed by atoms with Crippen molar-refractivity contribution in [1.82, 2.24) is 0 Å². The minimum atomic E-state index is -0.574. The van der Waals surface area contributed by atoms with E-state index in [4.69, 9.17) is 9.99 Å². The molecule has 5 nitrogen and oxygen atoms in total. The van der Waals surface area contributed by atoms with Crippen LogP contribution in [-0.2, 0) is 19.2 Å². The lowest BCUT2D eigenvalue weighted by Crippen LogP contribution is -2.13. The fourth-order valence-corrected chi connectivity index (χ4v) is 1.64. The summed E-state index contributed by atoms with van der Waals surface area (Å²) >= 11 is 0. The Hall–Kier alpha value is -1.10. The Bertz CT molecular complexity index is 240. The Morgan fingerprint density at radius 3 is 2.28 bits per heavy atom. The summed E-state index contributed by atoms with van der Waals surface area (Å²) in [4.78, 5) is 25.2. The van der Waals surface area contributed by atoms with Gasteiger partial charge in [0.25, 0.3) is 0 Å². The minimum Gasteiger partial charge on any atom is -0.463 e. The van der Waals surface area contributed by atoms with Gasteiger partial charge in [0.15, 0.2) is 0 Å².